The Kier molecular flexibility index (Phi) is 6.43. The largest absolute Gasteiger partial charge is 0.477 e. The third-order valence-corrected chi connectivity index (χ3v) is 3.50. The van der Waals surface area contributed by atoms with E-state index in [-0.39, 0.29) is 35.5 Å². The topological polar surface area (TPSA) is 108 Å². The van der Waals surface area contributed by atoms with E-state index in [9.17, 15) is 14.4 Å². The average Bonchev–Trinajstić information content (AvgIpc) is 2.59. The highest BCUT2D eigenvalue weighted by molar-refractivity contribution is 5.95. The fourth-order valence-corrected chi connectivity index (χ4v) is 2.28. The number of benzene rings is 1. The normalized spacial score (nSPS) is 10.4. The lowest BCUT2D eigenvalue weighted by Crippen LogP contribution is -2.23. The van der Waals surface area contributed by atoms with Gasteiger partial charge in [0.05, 0.1) is 5.56 Å². The molecule has 2 aromatic rings. The maximum absolute atomic E-state index is 12.1. The number of nitrogens with zero attached hydrogens (tertiary/aromatic N) is 1. The van der Waals surface area contributed by atoms with Crippen LogP contribution >= 0.6 is 0 Å². The van der Waals surface area contributed by atoms with E-state index in [4.69, 9.17) is 5.11 Å². The van der Waals surface area contributed by atoms with E-state index in [0.717, 1.165) is 5.56 Å². The SMILES string of the molecule is CC(C)CC(=O)Nc1cccc(CNC(=O)c2ccc(C(=O)O)nc2)c1. The van der Waals surface area contributed by atoms with Gasteiger partial charge in [0.15, 0.2) is 0 Å². The molecule has 26 heavy (non-hydrogen) atoms. The van der Waals surface area contributed by atoms with Gasteiger partial charge in [-0.05, 0) is 35.7 Å². The fourth-order valence-electron chi connectivity index (χ4n) is 2.28. The van der Waals surface area contributed by atoms with Crippen molar-refractivity contribution in [1.82, 2.24) is 10.3 Å². The van der Waals surface area contributed by atoms with E-state index in [2.05, 4.69) is 15.6 Å². The zero-order chi connectivity index (χ0) is 19.1. The summed E-state index contributed by atoms with van der Waals surface area (Å²) in [6.07, 6.45) is 1.67. The van der Waals surface area contributed by atoms with Gasteiger partial charge < -0.3 is 15.7 Å². The number of hydrogen-bond donors (Lipinski definition) is 3. The molecule has 0 aliphatic rings. The van der Waals surface area contributed by atoms with E-state index in [0.29, 0.717) is 12.1 Å². The van der Waals surface area contributed by atoms with Gasteiger partial charge >= 0.3 is 5.97 Å². The number of aromatic nitrogens is 1. The van der Waals surface area contributed by atoms with Crippen LogP contribution in [0.1, 0.15) is 46.7 Å². The molecule has 2 rings (SSSR count). The van der Waals surface area contributed by atoms with Crippen molar-refractivity contribution in [3.63, 3.8) is 0 Å². The van der Waals surface area contributed by atoms with Crippen molar-refractivity contribution in [2.75, 3.05) is 5.32 Å². The maximum atomic E-state index is 12.1. The molecule has 1 aromatic carbocycles. The second kappa shape index (κ2) is 8.75. The van der Waals surface area contributed by atoms with Crippen molar-refractivity contribution in [2.24, 2.45) is 5.92 Å². The third-order valence-electron chi connectivity index (χ3n) is 3.50. The van der Waals surface area contributed by atoms with Crippen LogP contribution in [0.2, 0.25) is 0 Å². The minimum atomic E-state index is -1.15. The molecule has 136 valence electrons. The van der Waals surface area contributed by atoms with Crippen molar-refractivity contribution in [3.05, 3.63) is 59.4 Å². The fraction of sp³-hybridized carbons (Fsp3) is 0.263. The number of hydrogen-bond acceptors (Lipinski definition) is 4. The number of carboxylic acid groups (broad SMARTS) is 1. The minimum Gasteiger partial charge on any atom is -0.477 e. The molecule has 0 unspecified atom stereocenters. The molecule has 7 nitrogen and oxygen atoms in total. The molecule has 0 saturated heterocycles. The Morgan fingerprint density at radius 2 is 1.92 bits per heavy atom. The van der Waals surface area contributed by atoms with E-state index < -0.39 is 5.97 Å². The van der Waals surface area contributed by atoms with Crippen LogP contribution in [0.15, 0.2) is 42.6 Å². The summed E-state index contributed by atoms with van der Waals surface area (Å²) in [6, 6.07) is 9.92. The maximum Gasteiger partial charge on any atom is 0.354 e. The highest BCUT2D eigenvalue weighted by atomic mass is 16.4. The number of carboxylic acids is 1. The first-order valence-electron chi connectivity index (χ1n) is 8.21. The first-order valence-corrected chi connectivity index (χ1v) is 8.21. The Labute approximate surface area is 151 Å². The molecule has 0 atom stereocenters. The van der Waals surface area contributed by atoms with Gasteiger partial charge in [0.2, 0.25) is 5.91 Å². The highest BCUT2D eigenvalue weighted by Crippen LogP contribution is 2.12. The number of pyridine rings is 1. The summed E-state index contributed by atoms with van der Waals surface area (Å²) in [6.45, 7) is 4.22. The number of carbonyl (C=O) groups is 3. The zero-order valence-electron chi connectivity index (χ0n) is 14.7. The summed E-state index contributed by atoms with van der Waals surface area (Å²) in [5.41, 5.74) is 1.66. The molecule has 0 spiro atoms. The number of carbonyl (C=O) groups excluding carboxylic acids is 2. The monoisotopic (exact) mass is 355 g/mol. The van der Waals surface area contributed by atoms with Crippen LogP contribution in [0, 0.1) is 5.92 Å². The van der Waals surface area contributed by atoms with Gasteiger partial charge in [0, 0.05) is 24.8 Å². The Bertz CT molecular complexity index is 801. The molecule has 3 N–H and O–H groups in total. The van der Waals surface area contributed by atoms with E-state index in [1.807, 2.05) is 19.9 Å². The average molecular weight is 355 g/mol. The highest BCUT2D eigenvalue weighted by Gasteiger charge is 2.10. The molecular formula is C19H21N3O4. The first-order chi connectivity index (χ1) is 12.3. The molecule has 0 aliphatic carbocycles. The predicted octanol–water partition coefficient (Wildman–Crippen LogP) is 2.69. The van der Waals surface area contributed by atoms with E-state index in [1.54, 1.807) is 18.2 Å². The van der Waals surface area contributed by atoms with Crippen molar-refractivity contribution in [3.8, 4) is 0 Å². The van der Waals surface area contributed by atoms with Gasteiger partial charge in [-0.25, -0.2) is 9.78 Å². The quantitative estimate of drug-likeness (QED) is 0.707. The number of anilines is 1. The van der Waals surface area contributed by atoms with Crippen molar-refractivity contribution in [1.29, 1.82) is 0 Å². The van der Waals surface area contributed by atoms with Gasteiger partial charge in [-0.2, -0.15) is 0 Å². The standard InChI is InChI=1S/C19H21N3O4/c1-12(2)8-17(23)22-15-5-3-4-13(9-15)10-21-18(24)14-6-7-16(19(25)26)20-11-14/h3-7,9,11-12H,8,10H2,1-2H3,(H,21,24)(H,22,23)(H,25,26). The lowest BCUT2D eigenvalue weighted by molar-refractivity contribution is -0.116. The van der Waals surface area contributed by atoms with E-state index in [1.165, 1.54) is 18.3 Å². The lowest BCUT2D eigenvalue weighted by atomic mass is 10.1. The smallest absolute Gasteiger partial charge is 0.354 e. The van der Waals surface area contributed by atoms with Crippen molar-refractivity contribution < 1.29 is 19.5 Å². The number of nitrogens with one attached hydrogen (secondary N) is 2. The van der Waals surface area contributed by atoms with Gasteiger partial charge in [-0.15, -0.1) is 0 Å². The van der Waals surface area contributed by atoms with Gasteiger partial charge in [-0.3, -0.25) is 9.59 Å². The number of amides is 2. The van der Waals surface area contributed by atoms with E-state index >= 15 is 0 Å². The molecule has 2 amide bonds. The van der Waals surface area contributed by atoms with Gasteiger partial charge in [0.25, 0.3) is 5.91 Å². The van der Waals surface area contributed by atoms with Crippen LogP contribution in [0.4, 0.5) is 5.69 Å². The molecule has 0 saturated carbocycles. The van der Waals surface area contributed by atoms with Crippen molar-refractivity contribution in [2.45, 2.75) is 26.8 Å². The third kappa shape index (κ3) is 5.70. The molecule has 0 bridgehead atoms. The summed E-state index contributed by atoms with van der Waals surface area (Å²) < 4.78 is 0. The van der Waals surface area contributed by atoms with Gasteiger partial charge in [-0.1, -0.05) is 26.0 Å². The summed E-state index contributed by atoms with van der Waals surface area (Å²) in [4.78, 5) is 38.4. The Balaban J connectivity index is 1.94. The molecule has 0 radical (unpaired) electrons. The molecule has 1 heterocycles. The summed E-state index contributed by atoms with van der Waals surface area (Å²) in [5.74, 6) is -1.28. The molecule has 7 heteroatoms. The Morgan fingerprint density at radius 3 is 2.54 bits per heavy atom. The van der Waals surface area contributed by atoms with Crippen LogP contribution in [-0.4, -0.2) is 27.9 Å². The number of aromatic carboxylic acids is 1. The van der Waals surface area contributed by atoms with Crippen LogP contribution in [-0.2, 0) is 11.3 Å². The minimum absolute atomic E-state index is 0.0502. The summed E-state index contributed by atoms with van der Waals surface area (Å²) >= 11 is 0. The number of rotatable bonds is 7. The predicted molar refractivity (Wildman–Crippen MR) is 96.9 cm³/mol. The second-order valence-corrected chi connectivity index (χ2v) is 6.27. The van der Waals surface area contributed by atoms with Crippen LogP contribution < -0.4 is 10.6 Å². The van der Waals surface area contributed by atoms with Gasteiger partial charge in [0.1, 0.15) is 5.69 Å². The second-order valence-electron chi connectivity index (χ2n) is 6.27. The Morgan fingerprint density at radius 1 is 1.15 bits per heavy atom. The zero-order valence-corrected chi connectivity index (χ0v) is 14.7. The van der Waals surface area contributed by atoms with Crippen LogP contribution in [0.25, 0.3) is 0 Å². The molecular weight excluding hydrogens is 334 g/mol. The van der Waals surface area contributed by atoms with Crippen LogP contribution in [0.5, 0.6) is 0 Å². The summed E-state index contributed by atoms with van der Waals surface area (Å²) in [5, 5.41) is 14.4. The van der Waals surface area contributed by atoms with Crippen LogP contribution in [0.3, 0.4) is 0 Å². The molecule has 0 fully saturated rings. The molecule has 1 aromatic heterocycles. The first kappa shape index (κ1) is 19.1. The van der Waals surface area contributed by atoms with Crippen molar-refractivity contribution >= 4 is 23.5 Å². The summed E-state index contributed by atoms with van der Waals surface area (Å²) in [7, 11) is 0. The Hall–Kier alpha value is -3.22. The molecule has 0 aliphatic heterocycles. The lowest BCUT2D eigenvalue weighted by Gasteiger charge is -2.10.